The van der Waals surface area contributed by atoms with Crippen LogP contribution in [0, 0.1) is 12.8 Å². The van der Waals surface area contributed by atoms with Gasteiger partial charge >= 0.3 is 0 Å². The fraction of sp³-hybridized carbons (Fsp3) is 0.538. The van der Waals surface area contributed by atoms with Crippen LogP contribution < -0.4 is 5.73 Å². The molecule has 2 atom stereocenters. The highest BCUT2D eigenvalue weighted by atomic mass is 35.5. The maximum Gasteiger partial charge on any atom is 0.0456 e. The van der Waals surface area contributed by atoms with E-state index in [4.69, 9.17) is 17.3 Å². The summed E-state index contributed by atoms with van der Waals surface area (Å²) in [7, 11) is 2.15. The number of hydrogen-bond acceptors (Lipinski definition) is 2. The third-order valence-corrected chi connectivity index (χ3v) is 3.81. The lowest BCUT2D eigenvalue weighted by Crippen LogP contribution is -2.20. The van der Waals surface area contributed by atoms with Gasteiger partial charge in [-0.25, -0.2) is 0 Å². The Hall–Kier alpha value is -0.570. The van der Waals surface area contributed by atoms with Crippen molar-refractivity contribution in [3.63, 3.8) is 0 Å². The molecule has 1 aromatic rings. The number of halogens is 1. The quantitative estimate of drug-likeness (QED) is 0.858. The van der Waals surface area contributed by atoms with Crippen LogP contribution in [0.5, 0.6) is 0 Å². The van der Waals surface area contributed by atoms with Crippen molar-refractivity contribution in [2.24, 2.45) is 11.7 Å². The van der Waals surface area contributed by atoms with E-state index in [0.717, 1.165) is 24.5 Å². The summed E-state index contributed by atoms with van der Waals surface area (Å²) < 4.78 is 0. The molecule has 0 saturated carbocycles. The van der Waals surface area contributed by atoms with Crippen LogP contribution in [0.15, 0.2) is 18.2 Å². The van der Waals surface area contributed by atoms with Crippen molar-refractivity contribution in [1.29, 1.82) is 0 Å². The van der Waals surface area contributed by atoms with E-state index in [1.54, 1.807) is 0 Å². The van der Waals surface area contributed by atoms with Gasteiger partial charge in [0.05, 0.1) is 0 Å². The molecule has 2 rings (SSSR count). The number of nitrogens with two attached hydrogens (primary N) is 1. The molecule has 0 radical (unpaired) electrons. The van der Waals surface area contributed by atoms with Gasteiger partial charge in [0.2, 0.25) is 0 Å². The molecule has 2 nitrogen and oxygen atoms in total. The molecule has 1 fully saturated rings. The van der Waals surface area contributed by atoms with Crippen molar-refractivity contribution in [1.82, 2.24) is 4.90 Å². The van der Waals surface area contributed by atoms with Gasteiger partial charge in [0.25, 0.3) is 0 Å². The first-order valence-corrected chi connectivity index (χ1v) is 6.16. The zero-order valence-electron chi connectivity index (χ0n) is 9.91. The van der Waals surface area contributed by atoms with Gasteiger partial charge in [-0.2, -0.15) is 0 Å². The van der Waals surface area contributed by atoms with Crippen molar-refractivity contribution in [3.8, 4) is 0 Å². The number of likely N-dealkylation sites (tertiary alicyclic amines) is 1. The molecule has 0 spiro atoms. The Kier molecular flexibility index (Phi) is 3.53. The molecule has 2 N–H and O–H groups in total. The standard InChI is InChI=1S/C13H19ClN2/c1-9-3-4-11(12(14)5-9)13-6-10(7-15)8-16(13)2/h3-5,10,13H,6-8,15H2,1-2H3. The van der Waals surface area contributed by atoms with Gasteiger partial charge in [-0.1, -0.05) is 23.7 Å². The van der Waals surface area contributed by atoms with Gasteiger partial charge in [-0.15, -0.1) is 0 Å². The van der Waals surface area contributed by atoms with E-state index in [-0.39, 0.29) is 0 Å². The minimum atomic E-state index is 0.432. The predicted molar refractivity (Wildman–Crippen MR) is 68.7 cm³/mol. The zero-order chi connectivity index (χ0) is 11.7. The molecule has 0 aromatic heterocycles. The van der Waals surface area contributed by atoms with Crippen molar-refractivity contribution >= 4 is 11.6 Å². The Bertz CT molecular complexity index is 378. The highest BCUT2D eigenvalue weighted by Crippen LogP contribution is 2.37. The summed E-state index contributed by atoms with van der Waals surface area (Å²) in [4.78, 5) is 2.36. The van der Waals surface area contributed by atoms with Crippen molar-refractivity contribution < 1.29 is 0 Å². The van der Waals surface area contributed by atoms with Crippen molar-refractivity contribution in [3.05, 3.63) is 34.3 Å². The van der Waals surface area contributed by atoms with Crippen LogP contribution in [0.2, 0.25) is 5.02 Å². The maximum absolute atomic E-state index is 6.31. The van der Waals surface area contributed by atoms with Gasteiger partial charge < -0.3 is 5.73 Å². The lowest BCUT2D eigenvalue weighted by molar-refractivity contribution is 0.314. The number of nitrogens with zero attached hydrogens (tertiary/aromatic N) is 1. The van der Waals surface area contributed by atoms with E-state index >= 15 is 0 Å². The van der Waals surface area contributed by atoms with Gasteiger partial charge in [0, 0.05) is 17.6 Å². The van der Waals surface area contributed by atoms with Crippen molar-refractivity contribution in [2.75, 3.05) is 20.1 Å². The van der Waals surface area contributed by atoms with Crippen LogP contribution in [0.25, 0.3) is 0 Å². The average Bonchev–Trinajstić information content (AvgIpc) is 2.60. The third kappa shape index (κ3) is 2.24. The summed E-state index contributed by atoms with van der Waals surface area (Å²) in [6, 6.07) is 6.75. The molecule has 16 heavy (non-hydrogen) atoms. The SMILES string of the molecule is Cc1ccc(C2CC(CN)CN2C)c(Cl)c1. The molecule has 0 aliphatic carbocycles. The Balaban J connectivity index is 2.24. The molecule has 2 unspecified atom stereocenters. The molecule has 1 saturated heterocycles. The molecule has 1 aliphatic heterocycles. The summed E-state index contributed by atoms with van der Waals surface area (Å²) in [5, 5.41) is 0.884. The van der Waals surface area contributed by atoms with Crippen LogP contribution in [-0.4, -0.2) is 25.0 Å². The molecular formula is C13H19ClN2. The number of hydrogen-bond donors (Lipinski definition) is 1. The number of aryl methyl sites for hydroxylation is 1. The Morgan fingerprint density at radius 2 is 2.25 bits per heavy atom. The summed E-state index contributed by atoms with van der Waals surface area (Å²) in [6.07, 6.45) is 1.12. The lowest BCUT2D eigenvalue weighted by atomic mass is 9.99. The van der Waals surface area contributed by atoms with E-state index in [1.807, 2.05) is 6.07 Å². The molecule has 3 heteroatoms. The Labute approximate surface area is 102 Å². The first kappa shape index (κ1) is 11.9. The van der Waals surface area contributed by atoms with Gasteiger partial charge in [0.1, 0.15) is 0 Å². The van der Waals surface area contributed by atoms with Crippen LogP contribution in [0.4, 0.5) is 0 Å². The normalized spacial score (nSPS) is 26.2. The minimum Gasteiger partial charge on any atom is -0.330 e. The zero-order valence-corrected chi connectivity index (χ0v) is 10.7. The topological polar surface area (TPSA) is 29.3 Å². The highest BCUT2D eigenvalue weighted by Gasteiger charge is 2.30. The first-order chi connectivity index (χ1) is 7.61. The molecule has 88 valence electrons. The highest BCUT2D eigenvalue weighted by molar-refractivity contribution is 6.31. The second kappa shape index (κ2) is 4.74. The first-order valence-electron chi connectivity index (χ1n) is 5.78. The number of benzene rings is 1. The summed E-state index contributed by atoms with van der Waals surface area (Å²) in [5.74, 6) is 0.604. The third-order valence-electron chi connectivity index (χ3n) is 3.48. The van der Waals surface area contributed by atoms with Crippen LogP contribution in [0.1, 0.15) is 23.6 Å². The van der Waals surface area contributed by atoms with E-state index in [9.17, 15) is 0 Å². The molecule has 1 aliphatic rings. The summed E-state index contributed by atoms with van der Waals surface area (Å²) in [6.45, 7) is 3.91. The Morgan fingerprint density at radius 3 is 2.81 bits per heavy atom. The maximum atomic E-state index is 6.31. The molecular weight excluding hydrogens is 220 g/mol. The average molecular weight is 239 g/mol. The van der Waals surface area contributed by atoms with E-state index in [0.29, 0.717) is 12.0 Å². The minimum absolute atomic E-state index is 0.432. The summed E-state index contributed by atoms with van der Waals surface area (Å²) >= 11 is 6.31. The fourth-order valence-electron chi connectivity index (χ4n) is 2.54. The van der Waals surface area contributed by atoms with Crippen LogP contribution in [0.3, 0.4) is 0 Å². The lowest BCUT2D eigenvalue weighted by Gasteiger charge is -2.20. The molecule has 0 amide bonds. The van der Waals surface area contributed by atoms with Crippen LogP contribution >= 0.6 is 11.6 Å². The molecule has 0 bridgehead atoms. The summed E-state index contributed by atoms with van der Waals surface area (Å²) in [5.41, 5.74) is 8.19. The monoisotopic (exact) mass is 238 g/mol. The van der Waals surface area contributed by atoms with Gasteiger partial charge in [-0.3, -0.25) is 4.90 Å². The van der Waals surface area contributed by atoms with E-state index in [1.165, 1.54) is 11.1 Å². The second-order valence-corrected chi connectivity index (χ2v) is 5.22. The number of rotatable bonds is 2. The van der Waals surface area contributed by atoms with E-state index in [2.05, 4.69) is 31.0 Å². The van der Waals surface area contributed by atoms with Gasteiger partial charge in [-0.05, 0) is 50.0 Å². The second-order valence-electron chi connectivity index (χ2n) is 4.82. The Morgan fingerprint density at radius 1 is 1.50 bits per heavy atom. The molecule has 1 aromatic carbocycles. The van der Waals surface area contributed by atoms with E-state index < -0.39 is 0 Å². The largest absolute Gasteiger partial charge is 0.330 e. The van der Waals surface area contributed by atoms with Crippen LogP contribution in [-0.2, 0) is 0 Å². The molecule has 1 heterocycles. The predicted octanol–water partition coefficient (Wildman–Crippen LogP) is 2.60. The fourth-order valence-corrected chi connectivity index (χ4v) is 2.90. The van der Waals surface area contributed by atoms with Gasteiger partial charge in [0.15, 0.2) is 0 Å². The smallest absolute Gasteiger partial charge is 0.0456 e. The van der Waals surface area contributed by atoms with Crippen molar-refractivity contribution in [2.45, 2.75) is 19.4 Å².